The maximum atomic E-state index is 12.0. The second kappa shape index (κ2) is 15.2. The summed E-state index contributed by atoms with van der Waals surface area (Å²) in [5, 5.41) is 22.2. The smallest absolute Gasteiger partial charge is 0.338 e. The minimum Gasteiger partial charge on any atom is -0.478 e. The summed E-state index contributed by atoms with van der Waals surface area (Å²) in [6, 6.07) is 26.3. The molecule has 3 N–H and O–H groups in total. The van der Waals surface area contributed by atoms with Crippen molar-refractivity contribution in [1.82, 2.24) is 10.3 Å². The van der Waals surface area contributed by atoms with Crippen LogP contribution >= 0.6 is 46.6 Å². The summed E-state index contributed by atoms with van der Waals surface area (Å²) in [5.74, 6) is -1.39. The molecule has 12 heteroatoms. The molecule has 1 aliphatic rings. The topological polar surface area (TPSA) is 118 Å². The summed E-state index contributed by atoms with van der Waals surface area (Å²) in [6.45, 7) is 2.17. The van der Waals surface area contributed by atoms with Crippen molar-refractivity contribution < 1.29 is 29.3 Å². The summed E-state index contributed by atoms with van der Waals surface area (Å²) < 4.78 is 11.1. The third kappa shape index (κ3) is 8.41. The number of carboxylic acids is 1. The molecule has 4 aromatic rings. The Morgan fingerprint density at radius 3 is 2.33 bits per heavy atom. The van der Waals surface area contributed by atoms with Gasteiger partial charge in [0.2, 0.25) is 0 Å². The molecule has 1 amide bonds. The van der Waals surface area contributed by atoms with Gasteiger partial charge in [0.15, 0.2) is 6.29 Å². The Morgan fingerprint density at radius 2 is 1.63 bits per heavy atom. The van der Waals surface area contributed by atoms with E-state index in [4.69, 9.17) is 44.3 Å². The lowest BCUT2D eigenvalue weighted by Gasteiger charge is -2.41. The van der Waals surface area contributed by atoms with E-state index in [1.165, 1.54) is 17.8 Å². The number of amides is 1. The monoisotopic (exact) mass is 700 g/mol. The van der Waals surface area contributed by atoms with Crippen molar-refractivity contribution in [2.45, 2.75) is 47.4 Å². The highest BCUT2D eigenvalue weighted by molar-refractivity contribution is 7.99. The standard InChI is InChI=1S/C34H31Cl3N2O6S/c1-20-28(19-46-30-27(31(41)42)9-4-14-38-30)44-32(45-29(20)23-12-10-21(18-40)11-13-23)26-8-3-7-25(16-26)24-6-2-5-22(15-24)17-39-33(43)34(35,36)37/h2-16,20,28-29,32,40H,17-19H2,1H3,(H,39,43)(H,41,42)/t20-,28+,29+,32+/m1/s1. The van der Waals surface area contributed by atoms with Crippen LogP contribution in [0.2, 0.25) is 0 Å². The second-order valence-electron chi connectivity index (χ2n) is 10.8. The van der Waals surface area contributed by atoms with Crippen LogP contribution in [0.5, 0.6) is 0 Å². The van der Waals surface area contributed by atoms with Crippen LogP contribution in [0.1, 0.15) is 51.9 Å². The molecule has 5 rings (SSSR count). The highest BCUT2D eigenvalue weighted by Crippen LogP contribution is 2.43. The SMILES string of the molecule is C[C@@H]1[C@H](CSc2ncccc2C(=O)O)O[C@H](c2cccc(-c3cccc(CNC(=O)C(Cl)(Cl)Cl)c3)c2)O[C@@H]1c1ccc(CO)cc1. The summed E-state index contributed by atoms with van der Waals surface area (Å²) in [4.78, 5) is 28.1. The van der Waals surface area contributed by atoms with Gasteiger partial charge >= 0.3 is 5.97 Å². The van der Waals surface area contributed by atoms with E-state index >= 15 is 0 Å². The molecule has 1 saturated heterocycles. The zero-order chi connectivity index (χ0) is 32.8. The van der Waals surface area contributed by atoms with E-state index in [1.54, 1.807) is 12.3 Å². The van der Waals surface area contributed by atoms with E-state index in [0.717, 1.165) is 33.4 Å². The number of nitrogens with zero attached hydrogens (tertiary/aromatic N) is 1. The fourth-order valence-corrected chi connectivity index (χ4v) is 6.50. The largest absolute Gasteiger partial charge is 0.478 e. The van der Waals surface area contributed by atoms with Crippen LogP contribution < -0.4 is 5.32 Å². The fourth-order valence-electron chi connectivity index (χ4n) is 5.15. The van der Waals surface area contributed by atoms with Gasteiger partial charge < -0.3 is 25.0 Å². The van der Waals surface area contributed by atoms with Gasteiger partial charge in [0, 0.05) is 30.0 Å². The molecule has 4 atom stereocenters. The van der Waals surface area contributed by atoms with E-state index in [1.807, 2.05) is 79.7 Å². The first kappa shape index (κ1) is 34.2. The predicted molar refractivity (Wildman–Crippen MR) is 179 cm³/mol. The van der Waals surface area contributed by atoms with Crippen molar-refractivity contribution in [2.24, 2.45) is 5.92 Å². The number of aromatic carboxylic acids is 1. The van der Waals surface area contributed by atoms with Gasteiger partial charge in [0.05, 0.1) is 24.4 Å². The number of ether oxygens (including phenoxy) is 2. The average molecular weight is 702 g/mol. The Balaban J connectivity index is 1.41. The molecule has 46 heavy (non-hydrogen) atoms. The van der Waals surface area contributed by atoms with Gasteiger partial charge in [-0.25, -0.2) is 9.78 Å². The van der Waals surface area contributed by atoms with Crippen LogP contribution in [0.3, 0.4) is 0 Å². The quantitative estimate of drug-likeness (QED) is 0.115. The van der Waals surface area contributed by atoms with Gasteiger partial charge in [-0.2, -0.15) is 0 Å². The molecule has 0 bridgehead atoms. The summed E-state index contributed by atoms with van der Waals surface area (Å²) >= 11 is 18.4. The number of rotatable bonds is 10. The second-order valence-corrected chi connectivity index (χ2v) is 14.1. The number of hydrogen-bond acceptors (Lipinski definition) is 7. The van der Waals surface area contributed by atoms with Crippen LogP contribution in [-0.2, 0) is 27.4 Å². The van der Waals surface area contributed by atoms with Crippen LogP contribution in [0, 0.1) is 5.92 Å². The molecule has 1 fully saturated rings. The lowest BCUT2D eigenvalue weighted by Crippen LogP contribution is -2.38. The van der Waals surface area contributed by atoms with Crippen molar-refractivity contribution >= 4 is 58.4 Å². The first-order chi connectivity index (χ1) is 22.0. The number of nitrogens with one attached hydrogen (secondary N) is 1. The number of carbonyl (C=O) groups excluding carboxylic acids is 1. The van der Waals surface area contributed by atoms with Crippen LogP contribution in [0.4, 0.5) is 0 Å². The third-order valence-electron chi connectivity index (χ3n) is 7.64. The summed E-state index contributed by atoms with van der Waals surface area (Å²) in [7, 11) is 0. The predicted octanol–water partition coefficient (Wildman–Crippen LogP) is 7.51. The lowest BCUT2D eigenvalue weighted by molar-refractivity contribution is -0.268. The Kier molecular flexibility index (Phi) is 11.3. The number of hydrogen-bond donors (Lipinski definition) is 3. The molecule has 1 aromatic heterocycles. The molecule has 0 saturated carbocycles. The maximum Gasteiger partial charge on any atom is 0.338 e. The van der Waals surface area contributed by atoms with E-state index in [2.05, 4.69) is 10.3 Å². The number of pyridine rings is 1. The summed E-state index contributed by atoms with van der Waals surface area (Å²) in [5.41, 5.74) is 5.32. The van der Waals surface area contributed by atoms with Gasteiger partial charge in [-0.15, -0.1) is 11.8 Å². The first-order valence-corrected chi connectivity index (χ1v) is 16.5. The fraction of sp³-hybridized carbons (Fsp3) is 0.265. The van der Waals surface area contributed by atoms with Crippen molar-refractivity contribution in [1.29, 1.82) is 0 Å². The highest BCUT2D eigenvalue weighted by atomic mass is 35.6. The van der Waals surface area contributed by atoms with Gasteiger partial charge in [0.1, 0.15) is 5.03 Å². The molecule has 0 radical (unpaired) electrons. The van der Waals surface area contributed by atoms with Gasteiger partial charge in [-0.05, 0) is 52.1 Å². The number of carbonyl (C=O) groups is 2. The minimum atomic E-state index is -2.05. The molecule has 240 valence electrons. The lowest BCUT2D eigenvalue weighted by atomic mass is 9.91. The molecule has 0 unspecified atom stereocenters. The van der Waals surface area contributed by atoms with Crippen LogP contribution in [0.15, 0.2) is 96.2 Å². The Hall–Kier alpha value is -3.15. The number of alkyl halides is 3. The molecule has 0 aliphatic carbocycles. The zero-order valence-corrected chi connectivity index (χ0v) is 27.7. The summed E-state index contributed by atoms with van der Waals surface area (Å²) in [6.07, 6.45) is 0.197. The molecular formula is C34H31Cl3N2O6S. The Bertz CT molecular complexity index is 1680. The number of benzene rings is 3. The number of thioether (sulfide) groups is 1. The van der Waals surface area contributed by atoms with Crippen LogP contribution in [-0.4, -0.2) is 42.7 Å². The van der Waals surface area contributed by atoms with Crippen molar-refractivity contribution in [2.75, 3.05) is 5.75 Å². The number of halogens is 3. The zero-order valence-electron chi connectivity index (χ0n) is 24.6. The van der Waals surface area contributed by atoms with E-state index in [9.17, 15) is 19.8 Å². The number of aliphatic hydroxyl groups excluding tert-OH is 1. The van der Waals surface area contributed by atoms with Gasteiger partial charge in [0.25, 0.3) is 9.70 Å². The molecule has 8 nitrogen and oxygen atoms in total. The van der Waals surface area contributed by atoms with E-state index in [0.29, 0.717) is 10.8 Å². The number of aliphatic hydroxyl groups is 1. The van der Waals surface area contributed by atoms with Crippen molar-refractivity contribution in [3.63, 3.8) is 0 Å². The first-order valence-electron chi connectivity index (χ1n) is 14.4. The van der Waals surface area contributed by atoms with Crippen LogP contribution in [0.25, 0.3) is 11.1 Å². The Morgan fingerprint density at radius 1 is 0.913 bits per heavy atom. The molecule has 2 heterocycles. The maximum absolute atomic E-state index is 12.0. The van der Waals surface area contributed by atoms with E-state index < -0.39 is 22.0 Å². The highest BCUT2D eigenvalue weighted by Gasteiger charge is 2.38. The Labute approximate surface area is 286 Å². The number of aromatic nitrogens is 1. The van der Waals surface area contributed by atoms with Crippen molar-refractivity contribution in [3.8, 4) is 11.1 Å². The molecule has 1 aliphatic heterocycles. The normalized spacial score (nSPS) is 19.8. The van der Waals surface area contributed by atoms with Gasteiger partial charge in [-0.3, -0.25) is 4.79 Å². The van der Waals surface area contributed by atoms with Gasteiger partial charge in [-0.1, -0.05) is 102 Å². The molecule has 3 aromatic carbocycles. The molecular weight excluding hydrogens is 671 g/mol. The molecule has 0 spiro atoms. The minimum absolute atomic E-state index is 0.0599. The van der Waals surface area contributed by atoms with Crippen molar-refractivity contribution in [3.05, 3.63) is 119 Å². The third-order valence-corrected chi connectivity index (χ3v) is 9.25. The average Bonchev–Trinajstić information content (AvgIpc) is 3.06. The number of carboxylic acid groups (broad SMARTS) is 1. The van der Waals surface area contributed by atoms with E-state index in [-0.39, 0.29) is 36.8 Å².